The van der Waals surface area contributed by atoms with E-state index < -0.39 is 0 Å². The summed E-state index contributed by atoms with van der Waals surface area (Å²) in [5, 5.41) is 11.5. The molecule has 2 rings (SSSR count). The highest BCUT2D eigenvalue weighted by molar-refractivity contribution is 7.98. The van der Waals surface area contributed by atoms with E-state index >= 15 is 0 Å². The van der Waals surface area contributed by atoms with Gasteiger partial charge < -0.3 is 9.84 Å². The van der Waals surface area contributed by atoms with Gasteiger partial charge in [0.2, 0.25) is 0 Å². The van der Waals surface area contributed by atoms with Crippen molar-refractivity contribution < 1.29 is 9.84 Å². The monoisotopic (exact) mass is 226 g/mol. The van der Waals surface area contributed by atoms with Gasteiger partial charge in [0.15, 0.2) is 5.06 Å². The molecule has 1 N–H and O–H groups in total. The molecule has 0 radical (unpaired) electrons. The van der Waals surface area contributed by atoms with E-state index in [0.717, 1.165) is 20.0 Å². The van der Waals surface area contributed by atoms with Crippen molar-refractivity contribution in [3.63, 3.8) is 0 Å². The number of thioether (sulfide) groups is 1. The van der Waals surface area contributed by atoms with Crippen LogP contribution < -0.4 is 4.74 Å². The van der Waals surface area contributed by atoms with Crippen molar-refractivity contribution in [2.45, 2.75) is 4.90 Å². The first kappa shape index (κ1) is 9.68. The molecule has 0 amide bonds. The van der Waals surface area contributed by atoms with E-state index in [2.05, 4.69) is 0 Å². The van der Waals surface area contributed by atoms with Crippen LogP contribution in [0, 0.1) is 0 Å². The Labute approximate surface area is 90.5 Å². The van der Waals surface area contributed by atoms with Gasteiger partial charge in [0, 0.05) is 21.0 Å². The van der Waals surface area contributed by atoms with Gasteiger partial charge in [-0.05, 0) is 18.4 Å². The quantitative estimate of drug-likeness (QED) is 0.796. The van der Waals surface area contributed by atoms with Crippen LogP contribution in [0.2, 0.25) is 0 Å². The van der Waals surface area contributed by atoms with Crippen molar-refractivity contribution >= 4 is 33.2 Å². The van der Waals surface area contributed by atoms with Crippen molar-refractivity contribution in [2.24, 2.45) is 0 Å². The van der Waals surface area contributed by atoms with Crippen molar-refractivity contribution in [2.75, 3.05) is 13.4 Å². The molecule has 0 aliphatic carbocycles. The fraction of sp³-hybridized carbons (Fsp3) is 0.200. The number of aromatic hydroxyl groups is 1. The van der Waals surface area contributed by atoms with Crippen LogP contribution in [0.25, 0.3) is 10.1 Å². The van der Waals surface area contributed by atoms with Gasteiger partial charge in [-0.2, -0.15) is 0 Å². The number of fused-ring (bicyclic) bond motifs is 1. The van der Waals surface area contributed by atoms with E-state index in [4.69, 9.17) is 4.74 Å². The van der Waals surface area contributed by atoms with Crippen LogP contribution in [0.3, 0.4) is 0 Å². The molecule has 1 heterocycles. The first-order valence-corrected chi connectivity index (χ1v) is 6.13. The Morgan fingerprint density at radius 2 is 2.14 bits per heavy atom. The van der Waals surface area contributed by atoms with Crippen molar-refractivity contribution in [1.82, 2.24) is 0 Å². The van der Waals surface area contributed by atoms with E-state index in [9.17, 15) is 5.11 Å². The van der Waals surface area contributed by atoms with Gasteiger partial charge in [0.25, 0.3) is 0 Å². The zero-order valence-corrected chi connectivity index (χ0v) is 9.54. The van der Waals surface area contributed by atoms with E-state index in [-0.39, 0.29) is 0 Å². The molecule has 0 saturated carbocycles. The molecule has 2 nitrogen and oxygen atoms in total. The summed E-state index contributed by atoms with van der Waals surface area (Å²) in [5.74, 6) is 0.311. The van der Waals surface area contributed by atoms with Crippen LogP contribution >= 0.6 is 23.1 Å². The Bertz CT molecular complexity index is 462. The molecule has 4 heteroatoms. The summed E-state index contributed by atoms with van der Waals surface area (Å²) < 4.78 is 6.23. The lowest BCUT2D eigenvalue weighted by atomic mass is 10.2. The number of benzene rings is 1. The second kappa shape index (κ2) is 3.71. The van der Waals surface area contributed by atoms with Gasteiger partial charge in [-0.25, -0.2) is 0 Å². The van der Waals surface area contributed by atoms with Gasteiger partial charge in [0.1, 0.15) is 5.75 Å². The molecule has 0 unspecified atom stereocenters. The minimum Gasteiger partial charge on any atom is -0.508 e. The van der Waals surface area contributed by atoms with Gasteiger partial charge in [0.05, 0.1) is 7.11 Å². The molecule has 2 aromatic rings. The number of phenols is 1. The topological polar surface area (TPSA) is 29.5 Å². The molecule has 14 heavy (non-hydrogen) atoms. The summed E-state index contributed by atoms with van der Waals surface area (Å²) >= 11 is 3.17. The summed E-state index contributed by atoms with van der Waals surface area (Å²) in [6.45, 7) is 0. The Kier molecular flexibility index (Phi) is 2.56. The van der Waals surface area contributed by atoms with Crippen LogP contribution in [-0.4, -0.2) is 18.5 Å². The second-order valence-electron chi connectivity index (χ2n) is 2.83. The Morgan fingerprint density at radius 1 is 1.36 bits per heavy atom. The van der Waals surface area contributed by atoms with Gasteiger partial charge >= 0.3 is 0 Å². The second-order valence-corrected chi connectivity index (χ2v) is 4.72. The first-order valence-electron chi connectivity index (χ1n) is 4.09. The van der Waals surface area contributed by atoms with Gasteiger partial charge in [-0.1, -0.05) is 11.3 Å². The minimum absolute atomic E-state index is 0.311. The van der Waals surface area contributed by atoms with Crippen LogP contribution in [0.5, 0.6) is 10.8 Å². The number of phenolic OH excluding ortho intramolecular Hbond substituents is 1. The average molecular weight is 226 g/mol. The lowest BCUT2D eigenvalue weighted by Gasteiger charge is -1.99. The summed E-state index contributed by atoms with van der Waals surface area (Å²) in [4.78, 5) is 1.08. The summed E-state index contributed by atoms with van der Waals surface area (Å²) in [7, 11) is 1.66. The third-order valence-electron chi connectivity index (χ3n) is 1.98. The predicted molar refractivity (Wildman–Crippen MR) is 61.8 cm³/mol. The summed E-state index contributed by atoms with van der Waals surface area (Å²) in [6.07, 6.45) is 2.00. The maximum atomic E-state index is 9.48. The maximum Gasteiger partial charge on any atom is 0.174 e. The molecular formula is C10H10O2S2. The highest BCUT2D eigenvalue weighted by Gasteiger charge is 2.07. The van der Waals surface area contributed by atoms with Gasteiger partial charge in [-0.3, -0.25) is 0 Å². The van der Waals surface area contributed by atoms with Crippen molar-refractivity contribution in [1.29, 1.82) is 0 Å². The highest BCUT2D eigenvalue weighted by atomic mass is 32.2. The number of rotatable bonds is 2. The molecule has 1 aromatic carbocycles. The Morgan fingerprint density at radius 3 is 2.79 bits per heavy atom. The molecule has 0 aliphatic heterocycles. The Balaban J connectivity index is 2.71. The molecule has 0 saturated heterocycles. The lowest BCUT2D eigenvalue weighted by molar-refractivity contribution is 0.427. The summed E-state index contributed by atoms with van der Waals surface area (Å²) in [5.41, 5.74) is 0. The number of methoxy groups -OCH3 is 1. The zero-order valence-electron chi connectivity index (χ0n) is 7.90. The third-order valence-corrected chi connectivity index (χ3v) is 3.80. The maximum absolute atomic E-state index is 9.48. The van der Waals surface area contributed by atoms with Crippen LogP contribution in [0.1, 0.15) is 0 Å². The molecule has 1 aromatic heterocycles. The van der Waals surface area contributed by atoms with Crippen molar-refractivity contribution in [3.05, 3.63) is 18.2 Å². The van der Waals surface area contributed by atoms with Crippen LogP contribution in [0.15, 0.2) is 23.1 Å². The fourth-order valence-corrected chi connectivity index (χ4v) is 2.97. The average Bonchev–Trinajstić information content (AvgIpc) is 2.59. The predicted octanol–water partition coefficient (Wildman–Crippen LogP) is 3.34. The molecule has 0 aliphatic rings. The molecule has 0 bridgehead atoms. The van der Waals surface area contributed by atoms with Crippen LogP contribution in [0.4, 0.5) is 0 Å². The molecule has 0 spiro atoms. The van der Waals surface area contributed by atoms with Gasteiger partial charge in [-0.15, -0.1) is 11.8 Å². The number of hydrogen-bond donors (Lipinski definition) is 1. The SMILES string of the molecule is COc1cc2c(SC)cc(O)cc2s1. The molecule has 0 atom stereocenters. The molecular weight excluding hydrogens is 216 g/mol. The fourth-order valence-electron chi connectivity index (χ4n) is 1.34. The minimum atomic E-state index is 0.311. The molecule has 74 valence electrons. The van der Waals surface area contributed by atoms with Crippen LogP contribution in [-0.2, 0) is 0 Å². The smallest absolute Gasteiger partial charge is 0.174 e. The highest BCUT2D eigenvalue weighted by Crippen LogP contribution is 2.39. The normalized spacial score (nSPS) is 10.7. The van der Waals surface area contributed by atoms with Crippen molar-refractivity contribution in [3.8, 4) is 10.8 Å². The Hall–Kier alpha value is -0.870. The number of hydrogen-bond acceptors (Lipinski definition) is 4. The van der Waals surface area contributed by atoms with E-state index in [1.807, 2.05) is 12.3 Å². The zero-order chi connectivity index (χ0) is 10.1. The standard InChI is InChI=1S/C10H10O2S2/c1-12-10-5-7-8(13-2)3-6(11)4-9(7)14-10/h3-5,11H,1-2H3. The van der Waals surface area contributed by atoms with E-state index in [1.165, 1.54) is 0 Å². The largest absolute Gasteiger partial charge is 0.508 e. The van der Waals surface area contributed by atoms with E-state index in [0.29, 0.717) is 5.75 Å². The summed E-state index contributed by atoms with van der Waals surface area (Å²) in [6, 6.07) is 5.55. The number of thiophene rings is 1. The lowest BCUT2D eigenvalue weighted by Crippen LogP contribution is -1.74. The number of ether oxygens (including phenoxy) is 1. The third kappa shape index (κ3) is 1.55. The molecule has 0 fully saturated rings. The first-order chi connectivity index (χ1) is 6.74. The van der Waals surface area contributed by atoms with E-state index in [1.54, 1.807) is 42.3 Å².